The van der Waals surface area contributed by atoms with Gasteiger partial charge < -0.3 is 28.1 Å². The van der Waals surface area contributed by atoms with Crippen LogP contribution in [0.2, 0.25) is 0 Å². The van der Waals surface area contributed by atoms with E-state index in [1.807, 2.05) is 0 Å². The Morgan fingerprint density at radius 2 is 0.571 bits per heavy atom. The predicted octanol–water partition coefficient (Wildman–Crippen LogP) is -0.157. The molecule has 0 amide bonds. The van der Waals surface area contributed by atoms with E-state index in [0.717, 1.165) is 0 Å². The molecule has 5 nitrogen and oxygen atoms in total. The summed E-state index contributed by atoms with van der Waals surface area (Å²) >= 11 is 0. The zero-order chi connectivity index (χ0) is 0. The summed E-state index contributed by atoms with van der Waals surface area (Å²) in [6, 6.07) is 0. The van der Waals surface area contributed by atoms with E-state index in [4.69, 9.17) is 0 Å². The number of hydrogen-bond acceptors (Lipinski definition) is 1. The van der Waals surface area contributed by atoms with Crippen LogP contribution in [0.4, 0.5) is 0 Å². The maximum Gasteiger partial charge on any atom is 3.00 e. The van der Waals surface area contributed by atoms with Gasteiger partial charge in [0.2, 0.25) is 0 Å². The topological polar surface area (TPSA) is 152 Å². The fraction of sp³-hybridized carbons (Fsp3) is 0. The van der Waals surface area contributed by atoms with Crippen LogP contribution in [0.3, 0.4) is 0 Å². The SMILES string of the molecule is [Ce+3].[Ce+3].[NH4+].[O-2].[O-2].[O-2].[OH-]. The van der Waals surface area contributed by atoms with Crippen molar-refractivity contribution in [2.24, 2.45) is 0 Å². The molecule has 5 N–H and O–H groups in total. The molecule has 0 aromatic heterocycles. The van der Waals surface area contributed by atoms with Gasteiger partial charge in [-0.15, -0.1) is 0 Å². The minimum absolute atomic E-state index is 0. The quantitative estimate of drug-likeness (QED) is 0.625. The van der Waals surface area contributed by atoms with Gasteiger partial charge >= 0.3 is 83.5 Å². The van der Waals surface area contributed by atoms with Crippen LogP contribution in [0.15, 0.2) is 0 Å². The molecule has 42 valence electrons. The van der Waals surface area contributed by atoms with Crippen molar-refractivity contribution in [3.05, 3.63) is 0 Å². The maximum atomic E-state index is 0. The molecule has 0 heterocycles. The molecule has 0 saturated carbocycles. The van der Waals surface area contributed by atoms with Crippen molar-refractivity contribution >= 4 is 0 Å². The second-order valence-corrected chi connectivity index (χ2v) is 0. The summed E-state index contributed by atoms with van der Waals surface area (Å²) in [5, 5.41) is 0. The van der Waals surface area contributed by atoms with Gasteiger partial charge in [0.25, 0.3) is 0 Å². The molecule has 0 aliphatic carbocycles. The van der Waals surface area contributed by atoms with Gasteiger partial charge in [-0.05, 0) is 0 Å². The van der Waals surface area contributed by atoms with Gasteiger partial charge in [0.05, 0.1) is 0 Å². The molecule has 0 bridgehead atoms. The van der Waals surface area contributed by atoms with Crippen molar-refractivity contribution in [1.29, 1.82) is 0 Å². The Kier molecular flexibility index (Phi) is 1150. The average molecular weight is 363 g/mol. The Bertz CT molecular complexity index is 9.65. The Morgan fingerprint density at radius 3 is 0.571 bits per heavy atom. The molecular weight excluding hydrogens is 358 g/mol. The van der Waals surface area contributed by atoms with E-state index in [0.29, 0.717) is 0 Å². The summed E-state index contributed by atoms with van der Waals surface area (Å²) in [5.41, 5.74) is 0. The molecule has 0 spiro atoms. The fourth-order valence-corrected chi connectivity index (χ4v) is 0. The monoisotopic (exact) mass is 363 g/mol. The Labute approximate surface area is 109 Å². The maximum absolute atomic E-state index is 0. The molecule has 0 aromatic carbocycles. The number of rotatable bonds is 0. The van der Waals surface area contributed by atoms with Gasteiger partial charge in [-0.25, -0.2) is 0 Å². The molecule has 0 unspecified atom stereocenters. The van der Waals surface area contributed by atoms with Crippen LogP contribution < -0.4 is 6.15 Å². The summed E-state index contributed by atoms with van der Waals surface area (Å²) in [6.07, 6.45) is 0. The van der Waals surface area contributed by atoms with Crippen molar-refractivity contribution in [3.8, 4) is 0 Å². The van der Waals surface area contributed by atoms with E-state index in [2.05, 4.69) is 0 Å². The van der Waals surface area contributed by atoms with Crippen LogP contribution in [-0.2, 0) is 16.4 Å². The van der Waals surface area contributed by atoms with Gasteiger partial charge in [0.1, 0.15) is 0 Å². The molecule has 0 fully saturated rings. The second-order valence-electron chi connectivity index (χ2n) is 0. The first kappa shape index (κ1) is 107. The summed E-state index contributed by atoms with van der Waals surface area (Å²) in [4.78, 5) is 0. The van der Waals surface area contributed by atoms with Crippen LogP contribution >= 0.6 is 0 Å². The summed E-state index contributed by atoms with van der Waals surface area (Å²) in [7, 11) is 0. The van der Waals surface area contributed by atoms with Crippen LogP contribution in [0, 0.1) is 83.5 Å². The standard InChI is InChI=1S/2Ce.H3N.H2O.3O/h;;1H3;1H2;;;/q2*+3;;;3*-2. The number of hydrogen-bond donors (Lipinski definition) is 1. The minimum atomic E-state index is 0. The Balaban J connectivity index is 0. The Morgan fingerprint density at radius 1 is 0.571 bits per heavy atom. The van der Waals surface area contributed by atoms with Crippen LogP contribution in [-0.4, -0.2) is 5.48 Å². The van der Waals surface area contributed by atoms with E-state index < -0.39 is 0 Å². The van der Waals surface area contributed by atoms with E-state index in [1.165, 1.54) is 0 Å². The summed E-state index contributed by atoms with van der Waals surface area (Å²) in [5.74, 6) is 0. The van der Waals surface area contributed by atoms with E-state index in [1.54, 1.807) is 0 Å². The fourth-order valence-electron chi connectivity index (χ4n) is 0. The van der Waals surface area contributed by atoms with Crippen molar-refractivity contribution in [2.75, 3.05) is 0 Å². The van der Waals surface area contributed by atoms with E-state index in [-0.39, 0.29) is 112 Å². The third-order valence-electron chi connectivity index (χ3n) is 0. The molecule has 0 aliphatic rings. The molecule has 0 saturated heterocycles. The first-order chi connectivity index (χ1) is 0. The smallest absolute Gasteiger partial charge is 2.00 e. The first-order valence-electron chi connectivity index (χ1n) is 0. The van der Waals surface area contributed by atoms with Crippen molar-refractivity contribution < 1.29 is 105 Å². The van der Waals surface area contributed by atoms with Gasteiger partial charge in [-0.1, -0.05) is 0 Å². The molecule has 7 heteroatoms. The second kappa shape index (κ2) is 74.9. The zero-order valence-corrected chi connectivity index (χ0v) is 9.95. The Hall–Kier alpha value is 2.55. The van der Waals surface area contributed by atoms with Crippen LogP contribution in [0.25, 0.3) is 0 Å². The third-order valence-corrected chi connectivity index (χ3v) is 0. The molecule has 7 heavy (non-hydrogen) atoms. The zero-order valence-electron chi connectivity index (χ0n) is 3.67. The van der Waals surface area contributed by atoms with E-state index >= 15 is 0 Å². The van der Waals surface area contributed by atoms with E-state index in [9.17, 15) is 0 Å². The normalized spacial score (nSPS) is 0. The molecular formula is H5Ce2NO4. The molecule has 0 rings (SSSR count). The van der Waals surface area contributed by atoms with Gasteiger partial charge in [-0.2, -0.15) is 0 Å². The summed E-state index contributed by atoms with van der Waals surface area (Å²) in [6.45, 7) is 0. The first-order valence-corrected chi connectivity index (χ1v) is 0. The predicted molar refractivity (Wildman–Crippen MR) is 9.98 cm³/mol. The molecule has 2 radical (unpaired) electrons. The van der Waals surface area contributed by atoms with Crippen LogP contribution in [0.1, 0.15) is 0 Å². The van der Waals surface area contributed by atoms with Crippen molar-refractivity contribution in [3.63, 3.8) is 0 Å². The largest absolute Gasteiger partial charge is 3.00 e. The van der Waals surface area contributed by atoms with Gasteiger partial charge in [0, 0.05) is 0 Å². The summed E-state index contributed by atoms with van der Waals surface area (Å²) < 4.78 is 0. The van der Waals surface area contributed by atoms with Crippen LogP contribution in [0.5, 0.6) is 0 Å². The van der Waals surface area contributed by atoms with Gasteiger partial charge in [-0.3, -0.25) is 0 Å². The molecule has 0 aromatic rings. The minimum Gasteiger partial charge on any atom is -2.00 e. The third kappa shape index (κ3) is 56.3. The molecule has 0 atom stereocenters. The number of quaternary nitrogens is 1. The van der Waals surface area contributed by atoms with Crippen molar-refractivity contribution in [1.82, 2.24) is 6.15 Å². The van der Waals surface area contributed by atoms with Crippen molar-refractivity contribution in [2.45, 2.75) is 0 Å². The molecule has 0 aliphatic heterocycles. The average Bonchev–Trinajstić information content (AvgIpc) is 0. The van der Waals surface area contributed by atoms with Gasteiger partial charge in [0.15, 0.2) is 0 Å².